The van der Waals surface area contributed by atoms with E-state index in [1.807, 2.05) is 13.0 Å². The van der Waals surface area contributed by atoms with Gasteiger partial charge >= 0.3 is 11.6 Å². The van der Waals surface area contributed by atoms with Crippen LogP contribution in [0.15, 0.2) is 56.6 Å². The van der Waals surface area contributed by atoms with Crippen LogP contribution in [-0.4, -0.2) is 52.1 Å². The number of esters is 1. The van der Waals surface area contributed by atoms with E-state index in [4.69, 9.17) is 18.6 Å². The lowest BCUT2D eigenvalue weighted by atomic mass is 10.1. The molecule has 0 amide bonds. The van der Waals surface area contributed by atoms with Crippen LogP contribution in [0.5, 0.6) is 5.75 Å². The molecule has 1 aliphatic heterocycles. The predicted octanol–water partition coefficient (Wildman–Crippen LogP) is 2.49. The number of carbonyl (C=O) groups excluding carboxylic acids is 1. The van der Waals surface area contributed by atoms with Gasteiger partial charge in [-0.15, -0.1) is 0 Å². The van der Waals surface area contributed by atoms with E-state index in [-0.39, 0.29) is 35.9 Å². The maximum Gasteiger partial charge on any atom is 0.338 e. The molecule has 2 heterocycles. The lowest BCUT2D eigenvalue weighted by Gasteiger charge is -2.26. The molecule has 1 aliphatic rings. The van der Waals surface area contributed by atoms with Crippen LogP contribution in [0.2, 0.25) is 0 Å². The average molecular weight is 474 g/mol. The van der Waals surface area contributed by atoms with Crippen LogP contribution in [0, 0.1) is 6.92 Å². The van der Waals surface area contributed by atoms with E-state index in [1.165, 1.54) is 35.7 Å². The first-order valence-electron chi connectivity index (χ1n) is 10.3. The van der Waals surface area contributed by atoms with Crippen molar-refractivity contribution in [2.45, 2.75) is 18.4 Å². The monoisotopic (exact) mass is 473 g/mol. The Labute approximate surface area is 190 Å². The molecule has 1 saturated heterocycles. The molecular weight excluding hydrogens is 450 g/mol. The van der Waals surface area contributed by atoms with Gasteiger partial charge in [-0.3, -0.25) is 0 Å². The number of hydrogen-bond donors (Lipinski definition) is 0. The topological polar surface area (TPSA) is 112 Å². The smallest absolute Gasteiger partial charge is 0.338 e. The number of carbonyl (C=O) groups is 1. The van der Waals surface area contributed by atoms with E-state index in [9.17, 15) is 18.0 Å². The minimum absolute atomic E-state index is 0.0470. The summed E-state index contributed by atoms with van der Waals surface area (Å²) in [6.45, 7) is 2.70. The second-order valence-corrected chi connectivity index (χ2v) is 9.45. The fourth-order valence-corrected chi connectivity index (χ4v) is 5.20. The zero-order valence-corrected chi connectivity index (χ0v) is 19.0. The molecule has 0 spiro atoms. The highest BCUT2D eigenvalue weighted by Gasteiger charge is 2.30. The van der Waals surface area contributed by atoms with Crippen molar-refractivity contribution < 1.29 is 31.8 Å². The fraction of sp³-hybridized carbons (Fsp3) is 0.304. The summed E-state index contributed by atoms with van der Waals surface area (Å²) in [5, 5.41) is 0.651. The molecular formula is C23H23NO8S. The number of hydrogen-bond acceptors (Lipinski definition) is 8. The quantitative estimate of drug-likeness (QED) is 0.396. The van der Waals surface area contributed by atoms with Crippen LogP contribution >= 0.6 is 0 Å². The summed E-state index contributed by atoms with van der Waals surface area (Å²) in [5.41, 5.74) is 1.31. The first-order chi connectivity index (χ1) is 15.8. The second kappa shape index (κ2) is 9.34. The van der Waals surface area contributed by atoms with Crippen molar-refractivity contribution in [1.29, 1.82) is 0 Å². The van der Waals surface area contributed by atoms with E-state index < -0.39 is 21.6 Å². The van der Waals surface area contributed by atoms with Crippen LogP contribution in [0.25, 0.3) is 11.0 Å². The molecule has 174 valence electrons. The Morgan fingerprint density at radius 1 is 1.09 bits per heavy atom. The number of sulfonamides is 1. The number of methoxy groups -OCH3 is 1. The van der Waals surface area contributed by atoms with Gasteiger partial charge in [0.15, 0.2) is 0 Å². The van der Waals surface area contributed by atoms with Crippen LogP contribution in [-0.2, 0) is 26.1 Å². The van der Waals surface area contributed by atoms with Gasteiger partial charge in [-0.2, -0.15) is 4.31 Å². The van der Waals surface area contributed by atoms with Gasteiger partial charge in [0.25, 0.3) is 0 Å². The Bertz CT molecular complexity index is 1360. The van der Waals surface area contributed by atoms with Crippen molar-refractivity contribution in [3.8, 4) is 5.75 Å². The first kappa shape index (κ1) is 23.0. The van der Waals surface area contributed by atoms with Gasteiger partial charge in [0.05, 0.1) is 25.9 Å². The molecule has 4 rings (SSSR count). The molecule has 9 nitrogen and oxygen atoms in total. The van der Waals surface area contributed by atoms with Crippen molar-refractivity contribution in [3.05, 3.63) is 69.6 Å². The van der Waals surface area contributed by atoms with E-state index >= 15 is 0 Å². The molecule has 3 aromatic rings. The third-order valence-corrected chi connectivity index (χ3v) is 7.25. The van der Waals surface area contributed by atoms with Gasteiger partial charge < -0.3 is 18.6 Å². The highest BCUT2D eigenvalue weighted by Crippen LogP contribution is 2.29. The molecule has 0 N–H and O–H groups in total. The number of aryl methyl sites for hydroxylation is 1. The summed E-state index contributed by atoms with van der Waals surface area (Å²) in [7, 11) is -2.54. The van der Waals surface area contributed by atoms with Crippen LogP contribution in [0.3, 0.4) is 0 Å². The molecule has 2 aromatic carbocycles. The van der Waals surface area contributed by atoms with Crippen molar-refractivity contribution in [3.63, 3.8) is 0 Å². The first-order valence-corrected chi connectivity index (χ1v) is 11.7. The molecule has 33 heavy (non-hydrogen) atoms. The largest absolute Gasteiger partial charge is 0.495 e. The minimum Gasteiger partial charge on any atom is -0.495 e. The number of benzene rings is 2. The highest BCUT2D eigenvalue weighted by molar-refractivity contribution is 7.89. The summed E-state index contributed by atoms with van der Waals surface area (Å²) >= 11 is 0. The Hall–Kier alpha value is -3.21. The van der Waals surface area contributed by atoms with Gasteiger partial charge in [0.1, 0.15) is 22.8 Å². The molecule has 1 fully saturated rings. The van der Waals surface area contributed by atoms with Crippen molar-refractivity contribution in [2.75, 3.05) is 33.4 Å². The minimum atomic E-state index is -3.90. The molecule has 0 saturated carbocycles. The Morgan fingerprint density at radius 2 is 1.85 bits per heavy atom. The third kappa shape index (κ3) is 4.77. The number of morpholine rings is 1. The van der Waals surface area contributed by atoms with Gasteiger partial charge in [0.2, 0.25) is 10.0 Å². The van der Waals surface area contributed by atoms with E-state index in [0.717, 1.165) is 5.56 Å². The van der Waals surface area contributed by atoms with Gasteiger partial charge in [0, 0.05) is 30.1 Å². The predicted molar refractivity (Wildman–Crippen MR) is 119 cm³/mol. The normalized spacial score (nSPS) is 14.8. The zero-order chi connectivity index (χ0) is 23.6. The lowest BCUT2D eigenvalue weighted by Crippen LogP contribution is -2.40. The average Bonchev–Trinajstić information content (AvgIpc) is 2.82. The van der Waals surface area contributed by atoms with Crippen LogP contribution in [0.4, 0.5) is 0 Å². The standard InChI is InChI=1S/C23H23NO8S/c1-15-3-5-18-17(13-22(25)32-20(18)11-15)14-31-23(26)16-4-6-19(29-2)21(12-16)33(27,28)24-7-9-30-10-8-24/h3-6,11-13H,7-10,14H2,1-2H3. The van der Waals surface area contributed by atoms with E-state index in [0.29, 0.717) is 29.7 Å². The SMILES string of the molecule is COc1ccc(C(=O)OCc2cc(=O)oc3cc(C)ccc23)cc1S(=O)(=O)N1CCOCC1. The lowest BCUT2D eigenvalue weighted by molar-refractivity contribution is 0.0473. The molecule has 0 bridgehead atoms. The van der Waals surface area contributed by atoms with E-state index in [1.54, 1.807) is 12.1 Å². The van der Waals surface area contributed by atoms with Crippen molar-refractivity contribution in [2.24, 2.45) is 0 Å². The molecule has 0 radical (unpaired) electrons. The number of nitrogens with zero attached hydrogens (tertiary/aromatic N) is 1. The molecule has 10 heteroatoms. The third-order valence-electron chi connectivity index (χ3n) is 5.33. The van der Waals surface area contributed by atoms with Crippen molar-refractivity contribution in [1.82, 2.24) is 4.31 Å². The van der Waals surface area contributed by atoms with Crippen LogP contribution in [0.1, 0.15) is 21.5 Å². The molecule has 1 aromatic heterocycles. The summed E-state index contributed by atoms with van der Waals surface area (Å²) in [5.74, 6) is -0.607. The summed E-state index contributed by atoms with van der Waals surface area (Å²) in [6.07, 6.45) is 0. The number of ether oxygens (including phenoxy) is 3. The molecule has 0 aliphatic carbocycles. The van der Waals surface area contributed by atoms with Gasteiger partial charge in [-0.1, -0.05) is 12.1 Å². The molecule has 0 unspecified atom stereocenters. The summed E-state index contributed by atoms with van der Waals surface area (Å²) in [4.78, 5) is 24.5. The Balaban J connectivity index is 1.60. The maximum absolute atomic E-state index is 13.1. The fourth-order valence-electron chi connectivity index (χ4n) is 3.61. The Morgan fingerprint density at radius 3 is 2.58 bits per heavy atom. The number of fused-ring (bicyclic) bond motifs is 1. The maximum atomic E-state index is 13.1. The van der Waals surface area contributed by atoms with Crippen LogP contribution < -0.4 is 10.4 Å². The number of rotatable bonds is 6. The van der Waals surface area contributed by atoms with E-state index in [2.05, 4.69) is 0 Å². The second-order valence-electron chi connectivity index (χ2n) is 7.55. The Kier molecular flexibility index (Phi) is 6.50. The summed E-state index contributed by atoms with van der Waals surface area (Å²) in [6, 6.07) is 10.7. The summed E-state index contributed by atoms with van der Waals surface area (Å²) < 4.78 is 48.6. The zero-order valence-electron chi connectivity index (χ0n) is 18.2. The van der Waals surface area contributed by atoms with Gasteiger partial charge in [-0.05, 0) is 36.8 Å². The van der Waals surface area contributed by atoms with Crippen molar-refractivity contribution >= 4 is 27.0 Å². The molecule has 0 atom stereocenters. The highest BCUT2D eigenvalue weighted by atomic mass is 32.2. The van der Waals surface area contributed by atoms with Gasteiger partial charge in [-0.25, -0.2) is 18.0 Å².